The molecular weight excluding hydrogens is 473 g/mol. The van der Waals surface area contributed by atoms with Crippen molar-refractivity contribution < 1.29 is 40.3 Å². The number of fused-ring (bicyclic) bond motifs is 1. The van der Waals surface area contributed by atoms with Crippen LogP contribution in [0.2, 0.25) is 0 Å². The SMILES string of the molecule is O=C(N[C@H]1CCCn2nc(-c3ccnc(C(F)(F)F)c3)cc21)c1ccc(F)c(OC(F)(F)F)c1. The Hall–Kier alpha value is -3.64. The number of ether oxygens (including phenoxy) is 1. The Morgan fingerprint density at radius 2 is 1.85 bits per heavy atom. The van der Waals surface area contributed by atoms with Gasteiger partial charge in [-0.15, -0.1) is 13.2 Å². The zero-order chi connectivity index (χ0) is 24.7. The molecule has 3 aromatic rings. The van der Waals surface area contributed by atoms with Crippen LogP contribution in [0.1, 0.15) is 40.6 Å². The first-order valence-corrected chi connectivity index (χ1v) is 9.88. The van der Waals surface area contributed by atoms with Crippen molar-refractivity contribution in [2.75, 3.05) is 0 Å². The molecule has 0 bridgehead atoms. The zero-order valence-corrected chi connectivity index (χ0v) is 17.0. The van der Waals surface area contributed by atoms with Crippen molar-refractivity contribution in [1.29, 1.82) is 0 Å². The van der Waals surface area contributed by atoms with Gasteiger partial charge in [0, 0.05) is 23.9 Å². The van der Waals surface area contributed by atoms with Crippen LogP contribution < -0.4 is 10.1 Å². The van der Waals surface area contributed by atoms with Gasteiger partial charge in [-0.05, 0) is 49.2 Å². The summed E-state index contributed by atoms with van der Waals surface area (Å²) in [6, 6.07) is 5.47. The molecule has 1 aromatic carbocycles. The normalized spacial score (nSPS) is 16.1. The lowest BCUT2D eigenvalue weighted by Crippen LogP contribution is -2.32. The average molecular weight is 488 g/mol. The van der Waals surface area contributed by atoms with Crippen LogP contribution >= 0.6 is 0 Å². The van der Waals surface area contributed by atoms with Crippen LogP contribution in [0, 0.1) is 5.82 Å². The Labute approximate surface area is 187 Å². The van der Waals surface area contributed by atoms with Crippen molar-refractivity contribution in [3.8, 4) is 17.0 Å². The summed E-state index contributed by atoms with van der Waals surface area (Å²) >= 11 is 0. The van der Waals surface area contributed by atoms with E-state index in [2.05, 4.69) is 20.1 Å². The summed E-state index contributed by atoms with van der Waals surface area (Å²) in [6.45, 7) is 0.457. The van der Waals surface area contributed by atoms with Gasteiger partial charge in [0.05, 0.1) is 17.4 Å². The Morgan fingerprint density at radius 3 is 2.56 bits per heavy atom. The number of aromatic nitrogens is 3. The zero-order valence-electron chi connectivity index (χ0n) is 17.0. The number of nitrogens with zero attached hydrogens (tertiary/aromatic N) is 3. The number of carbonyl (C=O) groups excluding carboxylic acids is 1. The number of amides is 1. The first-order chi connectivity index (χ1) is 15.9. The number of carbonyl (C=O) groups is 1. The highest BCUT2D eigenvalue weighted by Crippen LogP contribution is 2.33. The number of rotatable bonds is 4. The summed E-state index contributed by atoms with van der Waals surface area (Å²) in [5, 5.41) is 6.97. The van der Waals surface area contributed by atoms with Gasteiger partial charge in [0.1, 0.15) is 5.69 Å². The minimum absolute atomic E-state index is 0.182. The molecule has 1 atom stereocenters. The van der Waals surface area contributed by atoms with Crippen LogP contribution in [-0.2, 0) is 12.7 Å². The second kappa shape index (κ2) is 8.61. The fraction of sp³-hybridized carbons (Fsp3) is 0.286. The molecule has 2 aromatic heterocycles. The van der Waals surface area contributed by atoms with Crippen molar-refractivity contribution in [2.45, 2.75) is 38.0 Å². The predicted octanol–water partition coefficient (Wildman–Crippen LogP) is 5.27. The first-order valence-electron chi connectivity index (χ1n) is 9.88. The average Bonchev–Trinajstić information content (AvgIpc) is 3.19. The van der Waals surface area contributed by atoms with E-state index in [1.807, 2.05) is 0 Å². The molecule has 0 fully saturated rings. The predicted molar refractivity (Wildman–Crippen MR) is 103 cm³/mol. The van der Waals surface area contributed by atoms with E-state index in [0.717, 1.165) is 18.3 Å². The maximum absolute atomic E-state index is 13.6. The monoisotopic (exact) mass is 488 g/mol. The van der Waals surface area contributed by atoms with Gasteiger partial charge in [-0.2, -0.15) is 18.3 Å². The number of alkyl halides is 6. The lowest BCUT2D eigenvalue weighted by molar-refractivity contribution is -0.275. The summed E-state index contributed by atoms with van der Waals surface area (Å²) in [7, 11) is 0. The van der Waals surface area contributed by atoms with Crippen molar-refractivity contribution in [1.82, 2.24) is 20.1 Å². The van der Waals surface area contributed by atoms with E-state index in [4.69, 9.17) is 0 Å². The molecule has 1 aliphatic heterocycles. The molecule has 1 amide bonds. The van der Waals surface area contributed by atoms with Crippen LogP contribution in [-0.4, -0.2) is 27.0 Å². The van der Waals surface area contributed by atoms with E-state index in [0.29, 0.717) is 37.2 Å². The number of pyridine rings is 1. The molecule has 4 rings (SSSR count). The molecule has 6 nitrogen and oxygen atoms in total. The highest BCUT2D eigenvalue weighted by atomic mass is 19.4. The third-order valence-electron chi connectivity index (χ3n) is 5.10. The van der Waals surface area contributed by atoms with Crippen molar-refractivity contribution in [3.63, 3.8) is 0 Å². The molecule has 0 aliphatic carbocycles. The molecule has 0 saturated carbocycles. The molecule has 34 heavy (non-hydrogen) atoms. The number of hydrogen-bond acceptors (Lipinski definition) is 4. The number of benzene rings is 1. The molecule has 0 saturated heterocycles. The molecule has 1 aliphatic rings. The third kappa shape index (κ3) is 5.13. The molecule has 0 radical (unpaired) electrons. The van der Waals surface area contributed by atoms with Crippen molar-refractivity contribution >= 4 is 5.91 Å². The third-order valence-corrected chi connectivity index (χ3v) is 5.10. The van der Waals surface area contributed by atoms with Crippen LogP contribution in [0.4, 0.5) is 30.7 Å². The summed E-state index contributed by atoms with van der Waals surface area (Å²) in [4.78, 5) is 16.0. The van der Waals surface area contributed by atoms with Gasteiger partial charge in [-0.1, -0.05) is 0 Å². The van der Waals surface area contributed by atoms with Gasteiger partial charge in [-0.25, -0.2) is 4.39 Å². The number of halogens is 7. The topological polar surface area (TPSA) is 69.0 Å². The Morgan fingerprint density at radius 1 is 1.09 bits per heavy atom. The molecule has 0 unspecified atom stereocenters. The van der Waals surface area contributed by atoms with E-state index in [9.17, 15) is 35.5 Å². The van der Waals surface area contributed by atoms with E-state index in [1.54, 1.807) is 4.68 Å². The lowest BCUT2D eigenvalue weighted by Gasteiger charge is -2.24. The van der Waals surface area contributed by atoms with E-state index < -0.39 is 41.7 Å². The second-order valence-corrected chi connectivity index (χ2v) is 7.47. The maximum atomic E-state index is 13.6. The fourth-order valence-electron chi connectivity index (χ4n) is 3.61. The summed E-state index contributed by atoms with van der Waals surface area (Å²) in [5.74, 6) is -3.21. The summed E-state index contributed by atoms with van der Waals surface area (Å²) in [5.41, 5.74) is -0.405. The van der Waals surface area contributed by atoms with Crippen LogP contribution in [0.5, 0.6) is 5.75 Å². The largest absolute Gasteiger partial charge is 0.573 e. The van der Waals surface area contributed by atoms with Crippen molar-refractivity contribution in [3.05, 3.63) is 65.4 Å². The molecule has 0 spiro atoms. The minimum atomic E-state index is -5.14. The number of aryl methyl sites for hydroxylation is 1. The van der Waals surface area contributed by atoms with Crippen LogP contribution in [0.25, 0.3) is 11.3 Å². The fourth-order valence-corrected chi connectivity index (χ4v) is 3.61. The molecule has 180 valence electrons. The smallest absolute Gasteiger partial charge is 0.403 e. The van der Waals surface area contributed by atoms with Gasteiger partial charge in [-0.3, -0.25) is 14.5 Å². The highest BCUT2D eigenvalue weighted by molar-refractivity contribution is 5.94. The maximum Gasteiger partial charge on any atom is 0.573 e. The number of nitrogens with one attached hydrogen (secondary N) is 1. The standard InChI is InChI=1S/C21H15F7N4O2/c22-13-4-3-12(8-17(13)34-21(26,27)28)19(33)30-14-2-1-7-32-16(14)10-15(31-32)11-5-6-29-18(9-11)20(23,24)25/h3-6,8-10,14H,1-2,7H2,(H,30,33)/t14-/m0/s1. The van der Waals surface area contributed by atoms with Gasteiger partial charge in [0.2, 0.25) is 0 Å². The van der Waals surface area contributed by atoms with Crippen LogP contribution in [0.3, 0.4) is 0 Å². The van der Waals surface area contributed by atoms with E-state index in [1.165, 1.54) is 12.1 Å². The lowest BCUT2D eigenvalue weighted by atomic mass is 10.0. The quantitative estimate of drug-likeness (QED) is 0.509. The Bertz CT molecular complexity index is 1220. The summed E-state index contributed by atoms with van der Waals surface area (Å²) in [6.07, 6.45) is -7.72. The Kier molecular flexibility index (Phi) is 5.96. The second-order valence-electron chi connectivity index (χ2n) is 7.47. The van der Waals surface area contributed by atoms with E-state index >= 15 is 0 Å². The molecule has 13 heteroatoms. The first kappa shape index (κ1) is 23.5. The highest BCUT2D eigenvalue weighted by Gasteiger charge is 2.34. The van der Waals surface area contributed by atoms with Crippen molar-refractivity contribution in [2.24, 2.45) is 0 Å². The molecule has 3 heterocycles. The van der Waals surface area contributed by atoms with Crippen LogP contribution in [0.15, 0.2) is 42.6 Å². The van der Waals surface area contributed by atoms with E-state index in [-0.39, 0.29) is 16.8 Å². The molecule has 1 N–H and O–H groups in total. The number of hydrogen-bond donors (Lipinski definition) is 1. The Balaban J connectivity index is 1.57. The molecular formula is C21H15F7N4O2. The van der Waals surface area contributed by atoms with Gasteiger partial charge < -0.3 is 10.1 Å². The van der Waals surface area contributed by atoms with Gasteiger partial charge in [0.15, 0.2) is 11.6 Å². The van der Waals surface area contributed by atoms with Gasteiger partial charge in [0.25, 0.3) is 5.91 Å². The summed E-state index contributed by atoms with van der Waals surface area (Å²) < 4.78 is 95.1. The van der Waals surface area contributed by atoms with Gasteiger partial charge >= 0.3 is 12.5 Å². The minimum Gasteiger partial charge on any atom is -0.403 e.